The molecule has 1 N–H and O–H groups in total. The van der Waals surface area contributed by atoms with Gasteiger partial charge in [0, 0.05) is 12.6 Å². The Bertz CT molecular complexity index is 526. The van der Waals surface area contributed by atoms with E-state index < -0.39 is 0 Å². The van der Waals surface area contributed by atoms with Crippen molar-refractivity contribution in [3.63, 3.8) is 0 Å². The highest BCUT2D eigenvalue weighted by Gasteiger charge is 2.01. The van der Waals surface area contributed by atoms with Crippen molar-refractivity contribution < 1.29 is 0 Å². The van der Waals surface area contributed by atoms with Gasteiger partial charge in [0.25, 0.3) is 0 Å². The second-order valence-electron chi connectivity index (χ2n) is 5.68. The van der Waals surface area contributed by atoms with Crippen LogP contribution in [0.25, 0.3) is 11.1 Å². The van der Waals surface area contributed by atoms with Crippen molar-refractivity contribution in [1.82, 2.24) is 5.32 Å². The molecule has 106 valence electrons. The van der Waals surface area contributed by atoms with E-state index in [9.17, 15) is 0 Å². The largest absolute Gasteiger partial charge is 0.310 e. The SMILES string of the molecule is CCCc1ccc(-c2cccc(CNC(C)C)c2)cc1. The quantitative estimate of drug-likeness (QED) is 0.792. The molecule has 0 bridgehead atoms. The highest BCUT2D eigenvalue weighted by Crippen LogP contribution is 2.21. The Hall–Kier alpha value is -1.60. The van der Waals surface area contributed by atoms with E-state index in [1.165, 1.54) is 35.1 Å². The molecule has 0 amide bonds. The third kappa shape index (κ3) is 4.21. The summed E-state index contributed by atoms with van der Waals surface area (Å²) in [4.78, 5) is 0. The van der Waals surface area contributed by atoms with E-state index >= 15 is 0 Å². The summed E-state index contributed by atoms with van der Waals surface area (Å²) in [7, 11) is 0. The maximum atomic E-state index is 3.47. The van der Waals surface area contributed by atoms with Crippen LogP contribution in [0.1, 0.15) is 38.3 Å². The summed E-state index contributed by atoms with van der Waals surface area (Å²) in [6.45, 7) is 7.51. The molecule has 2 aromatic carbocycles. The molecule has 0 radical (unpaired) electrons. The fourth-order valence-corrected chi connectivity index (χ4v) is 2.34. The lowest BCUT2D eigenvalue weighted by Gasteiger charge is -2.10. The van der Waals surface area contributed by atoms with Crippen molar-refractivity contribution in [3.8, 4) is 11.1 Å². The minimum absolute atomic E-state index is 0.520. The van der Waals surface area contributed by atoms with Gasteiger partial charge in [-0.25, -0.2) is 0 Å². The molecule has 0 aliphatic carbocycles. The molecule has 0 saturated carbocycles. The van der Waals surface area contributed by atoms with Crippen molar-refractivity contribution >= 4 is 0 Å². The Morgan fingerprint density at radius 2 is 1.65 bits per heavy atom. The maximum Gasteiger partial charge on any atom is 0.0208 e. The van der Waals surface area contributed by atoms with Crippen LogP contribution in [0, 0.1) is 0 Å². The first kappa shape index (κ1) is 14.8. The number of hydrogen-bond acceptors (Lipinski definition) is 1. The molecule has 2 rings (SSSR count). The zero-order valence-corrected chi connectivity index (χ0v) is 12.8. The van der Waals surface area contributed by atoms with Gasteiger partial charge in [-0.15, -0.1) is 0 Å². The van der Waals surface area contributed by atoms with Gasteiger partial charge in [-0.05, 0) is 34.7 Å². The van der Waals surface area contributed by atoms with Crippen molar-refractivity contribution in [2.75, 3.05) is 0 Å². The van der Waals surface area contributed by atoms with E-state index in [-0.39, 0.29) is 0 Å². The van der Waals surface area contributed by atoms with Gasteiger partial charge in [0.05, 0.1) is 0 Å². The summed E-state index contributed by atoms with van der Waals surface area (Å²) in [6.07, 6.45) is 2.37. The predicted octanol–water partition coefficient (Wildman–Crippen LogP) is 4.80. The van der Waals surface area contributed by atoms with E-state index in [2.05, 4.69) is 74.6 Å². The van der Waals surface area contributed by atoms with Gasteiger partial charge in [-0.1, -0.05) is 69.7 Å². The third-order valence-electron chi connectivity index (χ3n) is 3.47. The average molecular weight is 267 g/mol. The topological polar surface area (TPSA) is 12.0 Å². The first-order valence-electron chi connectivity index (χ1n) is 7.60. The number of rotatable bonds is 6. The van der Waals surface area contributed by atoms with E-state index in [4.69, 9.17) is 0 Å². The van der Waals surface area contributed by atoms with Gasteiger partial charge in [-0.2, -0.15) is 0 Å². The summed E-state index contributed by atoms with van der Waals surface area (Å²) in [5, 5.41) is 3.47. The average Bonchev–Trinajstić information content (AvgIpc) is 2.47. The standard InChI is InChI=1S/C19H25N/c1-4-6-16-9-11-18(12-10-16)19-8-5-7-17(13-19)14-20-15(2)3/h5,7-13,15,20H,4,6,14H2,1-3H3. The van der Waals surface area contributed by atoms with Crippen LogP contribution in [0.5, 0.6) is 0 Å². The number of hydrogen-bond donors (Lipinski definition) is 1. The molecule has 0 unspecified atom stereocenters. The van der Waals surface area contributed by atoms with Crippen LogP contribution in [0.3, 0.4) is 0 Å². The first-order valence-corrected chi connectivity index (χ1v) is 7.60. The fourth-order valence-electron chi connectivity index (χ4n) is 2.34. The second kappa shape index (κ2) is 7.25. The molecule has 0 aromatic heterocycles. The lowest BCUT2D eigenvalue weighted by atomic mass is 10.0. The Labute approximate surface area is 123 Å². The zero-order valence-electron chi connectivity index (χ0n) is 12.8. The van der Waals surface area contributed by atoms with Crippen molar-refractivity contribution in [1.29, 1.82) is 0 Å². The molecule has 0 heterocycles. The van der Waals surface area contributed by atoms with Gasteiger partial charge in [0.1, 0.15) is 0 Å². The molecule has 0 saturated heterocycles. The molecule has 1 heteroatoms. The van der Waals surface area contributed by atoms with Crippen LogP contribution in [0.15, 0.2) is 48.5 Å². The number of benzene rings is 2. The summed E-state index contributed by atoms with van der Waals surface area (Å²) in [5.74, 6) is 0. The predicted molar refractivity (Wildman–Crippen MR) is 87.8 cm³/mol. The fraction of sp³-hybridized carbons (Fsp3) is 0.368. The molecule has 0 aliphatic heterocycles. The summed E-state index contributed by atoms with van der Waals surface area (Å²) < 4.78 is 0. The lowest BCUT2D eigenvalue weighted by Crippen LogP contribution is -2.21. The lowest BCUT2D eigenvalue weighted by molar-refractivity contribution is 0.589. The molecule has 20 heavy (non-hydrogen) atoms. The highest BCUT2D eigenvalue weighted by molar-refractivity contribution is 5.64. The Balaban J connectivity index is 2.13. The van der Waals surface area contributed by atoms with Gasteiger partial charge in [-0.3, -0.25) is 0 Å². The molecule has 0 atom stereocenters. The summed E-state index contributed by atoms with van der Waals surface area (Å²) >= 11 is 0. The monoisotopic (exact) mass is 267 g/mol. The molecule has 0 aliphatic rings. The van der Waals surface area contributed by atoms with E-state index in [1.54, 1.807) is 0 Å². The van der Waals surface area contributed by atoms with Crippen molar-refractivity contribution in [2.45, 2.75) is 46.2 Å². The van der Waals surface area contributed by atoms with Gasteiger partial charge < -0.3 is 5.32 Å². The van der Waals surface area contributed by atoms with E-state index in [0.717, 1.165) is 6.54 Å². The van der Waals surface area contributed by atoms with Crippen molar-refractivity contribution in [2.24, 2.45) is 0 Å². The van der Waals surface area contributed by atoms with Gasteiger partial charge in [0.2, 0.25) is 0 Å². The molecule has 1 nitrogen and oxygen atoms in total. The maximum absolute atomic E-state index is 3.47. The zero-order chi connectivity index (χ0) is 14.4. The van der Waals surface area contributed by atoms with Crippen LogP contribution < -0.4 is 5.32 Å². The minimum atomic E-state index is 0.520. The van der Waals surface area contributed by atoms with Crippen molar-refractivity contribution in [3.05, 3.63) is 59.7 Å². The Morgan fingerprint density at radius 1 is 0.900 bits per heavy atom. The molecular weight excluding hydrogens is 242 g/mol. The van der Waals surface area contributed by atoms with Crippen LogP contribution in [0.2, 0.25) is 0 Å². The second-order valence-corrected chi connectivity index (χ2v) is 5.68. The van der Waals surface area contributed by atoms with Crippen LogP contribution in [-0.2, 0) is 13.0 Å². The minimum Gasteiger partial charge on any atom is -0.310 e. The molecule has 0 spiro atoms. The first-order chi connectivity index (χ1) is 9.69. The third-order valence-corrected chi connectivity index (χ3v) is 3.47. The van der Waals surface area contributed by atoms with Crippen LogP contribution >= 0.6 is 0 Å². The van der Waals surface area contributed by atoms with Gasteiger partial charge >= 0.3 is 0 Å². The smallest absolute Gasteiger partial charge is 0.0208 e. The number of nitrogens with one attached hydrogen (secondary N) is 1. The van der Waals surface area contributed by atoms with Crippen LogP contribution in [-0.4, -0.2) is 6.04 Å². The van der Waals surface area contributed by atoms with Gasteiger partial charge in [0.15, 0.2) is 0 Å². The number of aryl methyl sites for hydroxylation is 1. The van der Waals surface area contributed by atoms with E-state index in [1.807, 2.05) is 0 Å². The van der Waals surface area contributed by atoms with E-state index in [0.29, 0.717) is 6.04 Å². The highest BCUT2D eigenvalue weighted by atomic mass is 14.9. The molecular formula is C19H25N. The normalized spacial score (nSPS) is 11.0. The molecule has 0 fully saturated rings. The Morgan fingerprint density at radius 3 is 2.30 bits per heavy atom. The summed E-state index contributed by atoms with van der Waals surface area (Å²) in [6, 6.07) is 18.3. The Kier molecular flexibility index (Phi) is 5.37. The molecule has 2 aromatic rings. The van der Waals surface area contributed by atoms with Crippen LogP contribution in [0.4, 0.5) is 0 Å². The summed E-state index contributed by atoms with van der Waals surface area (Å²) in [5.41, 5.74) is 5.37.